The fraction of sp³-hybridized carbons (Fsp3) is 0.700. The van der Waals surface area contributed by atoms with Gasteiger partial charge in [0.05, 0.1) is 6.61 Å². The molecule has 0 aliphatic carbocycles. The summed E-state index contributed by atoms with van der Waals surface area (Å²) in [6.45, 7) is 3.54. The fourth-order valence-corrected chi connectivity index (χ4v) is 2.45. The zero-order valence-corrected chi connectivity index (χ0v) is 11.1. The van der Waals surface area contributed by atoms with Gasteiger partial charge in [0.1, 0.15) is 12.2 Å². The van der Waals surface area contributed by atoms with Crippen molar-refractivity contribution >= 4 is 29.3 Å². The Kier molecular flexibility index (Phi) is 3.67. The summed E-state index contributed by atoms with van der Waals surface area (Å²) in [6.07, 6.45) is -0.402. The Morgan fingerprint density at radius 1 is 1.44 bits per heavy atom. The summed E-state index contributed by atoms with van der Waals surface area (Å²) in [6, 6.07) is -0.899. The molecular weight excluding hydrogens is 256 g/mol. The molecule has 18 heavy (non-hydrogen) atoms. The highest BCUT2D eigenvalue weighted by atomic mass is 32.1. The molecule has 0 spiro atoms. The Balaban J connectivity index is 2.11. The number of nitrogens with one attached hydrogen (secondary N) is 2. The van der Waals surface area contributed by atoms with E-state index >= 15 is 0 Å². The summed E-state index contributed by atoms with van der Waals surface area (Å²) in [5.74, 6) is -0.327. The lowest BCUT2D eigenvalue weighted by atomic mass is 10.1. The number of carbonyl (C=O) groups excluding carboxylic acids is 2. The summed E-state index contributed by atoms with van der Waals surface area (Å²) in [5, 5.41) is 5.77. The second-order valence-corrected chi connectivity index (χ2v) is 4.52. The average molecular weight is 272 g/mol. The van der Waals surface area contributed by atoms with Crippen LogP contribution in [0.3, 0.4) is 0 Å². The highest BCUT2D eigenvalue weighted by Gasteiger charge is 2.48. The molecule has 0 radical (unpaired) electrons. The summed E-state index contributed by atoms with van der Waals surface area (Å²) in [4.78, 5) is 26.6. The molecule has 2 aliphatic heterocycles. The van der Waals surface area contributed by atoms with Gasteiger partial charge < -0.3 is 19.9 Å². The van der Waals surface area contributed by atoms with Gasteiger partial charge in [-0.25, -0.2) is 4.79 Å². The molecule has 2 aliphatic rings. The van der Waals surface area contributed by atoms with Gasteiger partial charge in [-0.2, -0.15) is 0 Å². The molecule has 3 amide bonds. The van der Waals surface area contributed by atoms with Crippen LogP contribution in [0.15, 0.2) is 0 Å². The van der Waals surface area contributed by atoms with Gasteiger partial charge in [0, 0.05) is 20.2 Å². The highest BCUT2D eigenvalue weighted by molar-refractivity contribution is 7.80. The van der Waals surface area contributed by atoms with Crippen molar-refractivity contribution in [2.24, 2.45) is 0 Å². The Morgan fingerprint density at radius 2 is 2.17 bits per heavy atom. The van der Waals surface area contributed by atoms with Crippen molar-refractivity contribution in [2.45, 2.75) is 19.1 Å². The van der Waals surface area contributed by atoms with Crippen molar-refractivity contribution in [3.8, 4) is 0 Å². The van der Waals surface area contributed by atoms with Crippen LogP contribution in [-0.2, 0) is 9.53 Å². The van der Waals surface area contributed by atoms with Crippen molar-refractivity contribution < 1.29 is 14.3 Å². The van der Waals surface area contributed by atoms with Crippen molar-refractivity contribution in [3.63, 3.8) is 0 Å². The molecule has 0 saturated carbocycles. The second kappa shape index (κ2) is 5.07. The maximum atomic E-state index is 11.9. The zero-order chi connectivity index (χ0) is 13.3. The first kappa shape index (κ1) is 13.0. The quantitative estimate of drug-likeness (QED) is 0.510. The third-order valence-electron chi connectivity index (χ3n) is 3.08. The maximum absolute atomic E-state index is 11.9. The first-order valence-corrected chi connectivity index (χ1v) is 6.19. The topological polar surface area (TPSA) is 73.9 Å². The minimum Gasteiger partial charge on any atom is -0.380 e. The van der Waals surface area contributed by atoms with Gasteiger partial charge in [0.2, 0.25) is 0 Å². The second-order valence-electron chi connectivity index (χ2n) is 4.13. The first-order valence-electron chi connectivity index (χ1n) is 5.78. The molecule has 2 N–H and O–H groups in total. The van der Waals surface area contributed by atoms with E-state index < -0.39 is 18.2 Å². The number of carbonyl (C=O) groups is 2. The Bertz CT molecular complexity index is 389. The van der Waals surface area contributed by atoms with Crippen LogP contribution in [0.2, 0.25) is 0 Å². The van der Waals surface area contributed by atoms with Crippen molar-refractivity contribution in [1.82, 2.24) is 20.4 Å². The lowest BCUT2D eigenvalue weighted by molar-refractivity contribution is -0.127. The monoisotopic (exact) mass is 272 g/mol. The summed E-state index contributed by atoms with van der Waals surface area (Å²) in [7, 11) is 1.63. The molecule has 2 rings (SSSR count). The lowest BCUT2D eigenvalue weighted by Crippen LogP contribution is -2.65. The summed E-state index contributed by atoms with van der Waals surface area (Å²) in [5.41, 5.74) is 0. The van der Waals surface area contributed by atoms with E-state index in [2.05, 4.69) is 10.6 Å². The van der Waals surface area contributed by atoms with E-state index in [1.54, 1.807) is 11.9 Å². The molecule has 2 unspecified atom stereocenters. The zero-order valence-electron chi connectivity index (χ0n) is 10.3. The molecule has 2 heterocycles. The van der Waals surface area contributed by atoms with Crippen LogP contribution in [-0.4, -0.2) is 65.9 Å². The molecule has 100 valence electrons. The Hall–Kier alpha value is -1.41. The molecule has 0 aromatic heterocycles. The third-order valence-corrected chi connectivity index (χ3v) is 3.44. The predicted octanol–water partition coefficient (Wildman–Crippen LogP) is -0.911. The van der Waals surface area contributed by atoms with Gasteiger partial charge in [-0.3, -0.25) is 10.1 Å². The maximum Gasteiger partial charge on any atom is 0.325 e. The van der Waals surface area contributed by atoms with Crippen LogP contribution >= 0.6 is 12.2 Å². The fourth-order valence-electron chi connectivity index (χ4n) is 2.12. The number of ether oxygens (including phenoxy) is 1. The molecule has 2 fully saturated rings. The molecule has 0 aromatic rings. The molecule has 0 aromatic carbocycles. The van der Waals surface area contributed by atoms with E-state index in [9.17, 15) is 9.59 Å². The minimum atomic E-state index is -0.486. The Morgan fingerprint density at radius 3 is 2.83 bits per heavy atom. The van der Waals surface area contributed by atoms with Gasteiger partial charge >= 0.3 is 6.03 Å². The molecule has 2 saturated heterocycles. The Labute approximate surface area is 110 Å². The van der Waals surface area contributed by atoms with E-state index in [0.29, 0.717) is 24.9 Å². The lowest BCUT2D eigenvalue weighted by Gasteiger charge is -2.35. The molecule has 2 atom stereocenters. The average Bonchev–Trinajstić information content (AvgIpc) is 2.65. The number of rotatable bonds is 4. The van der Waals surface area contributed by atoms with Gasteiger partial charge in [-0.05, 0) is 19.1 Å². The molecule has 0 bridgehead atoms. The van der Waals surface area contributed by atoms with E-state index in [0.717, 1.165) is 0 Å². The minimum absolute atomic E-state index is 0.327. The SMILES string of the molecule is CCOCCN1C(=S)NC2C1C(=O)NC(=O)N2C. The summed E-state index contributed by atoms with van der Waals surface area (Å²) < 4.78 is 5.27. The normalized spacial score (nSPS) is 27.1. The third kappa shape index (κ3) is 2.13. The van der Waals surface area contributed by atoms with Crippen LogP contribution in [0.25, 0.3) is 0 Å². The van der Waals surface area contributed by atoms with Crippen molar-refractivity contribution in [1.29, 1.82) is 0 Å². The number of likely N-dealkylation sites (N-methyl/N-ethyl adjacent to an activating group) is 1. The number of imide groups is 1. The van der Waals surface area contributed by atoms with Crippen LogP contribution in [0.1, 0.15) is 6.92 Å². The standard InChI is InChI=1S/C10H16N4O3S/c1-3-17-5-4-14-6-7(11-10(14)18)13(2)9(16)12-8(6)15/h6-7H,3-5H2,1-2H3,(H,11,18)(H,12,15,16). The smallest absolute Gasteiger partial charge is 0.325 e. The van der Waals surface area contributed by atoms with E-state index in [-0.39, 0.29) is 5.91 Å². The van der Waals surface area contributed by atoms with E-state index in [1.807, 2.05) is 6.92 Å². The number of thiocarbonyl (C=S) groups is 1. The van der Waals surface area contributed by atoms with Gasteiger partial charge in [-0.15, -0.1) is 0 Å². The van der Waals surface area contributed by atoms with E-state index in [1.165, 1.54) is 4.90 Å². The van der Waals surface area contributed by atoms with Crippen LogP contribution in [0.4, 0.5) is 4.79 Å². The number of amides is 3. The van der Waals surface area contributed by atoms with E-state index in [4.69, 9.17) is 17.0 Å². The number of urea groups is 1. The van der Waals surface area contributed by atoms with Gasteiger partial charge in [-0.1, -0.05) is 0 Å². The highest BCUT2D eigenvalue weighted by Crippen LogP contribution is 2.19. The number of nitrogens with zero attached hydrogens (tertiary/aromatic N) is 2. The molecule has 7 nitrogen and oxygen atoms in total. The molecular formula is C10H16N4O3S. The summed E-state index contributed by atoms with van der Waals surface area (Å²) >= 11 is 5.19. The van der Waals surface area contributed by atoms with Crippen LogP contribution < -0.4 is 10.6 Å². The molecule has 8 heteroatoms. The van der Waals surface area contributed by atoms with Crippen molar-refractivity contribution in [2.75, 3.05) is 26.8 Å². The number of fused-ring (bicyclic) bond motifs is 1. The van der Waals surface area contributed by atoms with Crippen molar-refractivity contribution in [3.05, 3.63) is 0 Å². The van der Waals surface area contributed by atoms with Crippen LogP contribution in [0, 0.1) is 0 Å². The largest absolute Gasteiger partial charge is 0.380 e. The van der Waals surface area contributed by atoms with Gasteiger partial charge in [0.15, 0.2) is 5.11 Å². The van der Waals surface area contributed by atoms with Crippen LogP contribution in [0.5, 0.6) is 0 Å². The van der Waals surface area contributed by atoms with Gasteiger partial charge in [0.25, 0.3) is 5.91 Å². The number of hydrogen-bond donors (Lipinski definition) is 2. The first-order chi connectivity index (χ1) is 8.56. The number of hydrogen-bond acceptors (Lipinski definition) is 4. The predicted molar refractivity (Wildman–Crippen MR) is 67.8 cm³/mol.